The Morgan fingerprint density at radius 3 is 2.58 bits per heavy atom. The van der Waals surface area contributed by atoms with E-state index in [9.17, 15) is 4.79 Å². The zero-order chi connectivity index (χ0) is 22.4. The van der Waals surface area contributed by atoms with Crippen LogP contribution in [0.25, 0.3) is 16.8 Å². The molecule has 3 aromatic rings. The van der Waals surface area contributed by atoms with E-state index in [4.69, 9.17) is 14.6 Å². The number of hydrogen-bond donors (Lipinski definition) is 2. The minimum absolute atomic E-state index is 0.187. The first-order chi connectivity index (χ1) is 14.9. The first-order valence-electron chi connectivity index (χ1n) is 10.1. The lowest BCUT2D eigenvalue weighted by atomic mass is 10.0. The average Bonchev–Trinajstić information content (AvgIpc) is 3.24. The quantitative estimate of drug-likeness (QED) is 0.570. The third-order valence-corrected chi connectivity index (χ3v) is 4.64. The number of benzene rings is 2. The summed E-state index contributed by atoms with van der Waals surface area (Å²) in [6.07, 6.45) is -0.978. The van der Waals surface area contributed by atoms with Crippen LogP contribution >= 0.6 is 0 Å². The number of ether oxygens (including phenoxy) is 2. The number of aromatic nitrogens is 4. The summed E-state index contributed by atoms with van der Waals surface area (Å²) >= 11 is 0. The van der Waals surface area contributed by atoms with Crippen LogP contribution in [0.2, 0.25) is 0 Å². The molecule has 0 aliphatic carbocycles. The topological polar surface area (TPSA) is 111 Å². The molecule has 0 bridgehead atoms. The van der Waals surface area contributed by atoms with Crippen LogP contribution in [0.15, 0.2) is 42.5 Å². The predicted octanol–water partition coefficient (Wildman–Crippen LogP) is 3.20. The lowest BCUT2D eigenvalue weighted by Crippen LogP contribution is -2.37. The van der Waals surface area contributed by atoms with Crippen LogP contribution < -0.4 is 10.1 Å². The van der Waals surface area contributed by atoms with Crippen molar-refractivity contribution >= 4 is 6.09 Å². The summed E-state index contributed by atoms with van der Waals surface area (Å²) < 4.78 is 12.7. The van der Waals surface area contributed by atoms with Crippen LogP contribution in [-0.2, 0) is 4.74 Å². The van der Waals surface area contributed by atoms with Gasteiger partial charge in [-0.2, -0.15) is 4.68 Å². The minimum Gasteiger partial charge on any atom is -0.410 e. The third-order valence-electron chi connectivity index (χ3n) is 4.64. The minimum atomic E-state index is -0.659. The van der Waals surface area contributed by atoms with E-state index in [2.05, 4.69) is 20.8 Å². The molecule has 1 aromatic heterocycles. The van der Waals surface area contributed by atoms with Crippen LogP contribution in [0.4, 0.5) is 4.79 Å². The Morgan fingerprint density at radius 2 is 1.90 bits per heavy atom. The fourth-order valence-electron chi connectivity index (χ4n) is 3.02. The maximum Gasteiger partial charge on any atom is 0.412 e. The Morgan fingerprint density at radius 1 is 1.16 bits per heavy atom. The van der Waals surface area contributed by atoms with Gasteiger partial charge >= 0.3 is 6.09 Å². The smallest absolute Gasteiger partial charge is 0.410 e. The Labute approximate surface area is 181 Å². The fourth-order valence-corrected chi connectivity index (χ4v) is 3.02. The highest BCUT2D eigenvalue weighted by Gasteiger charge is 2.18. The summed E-state index contributed by atoms with van der Waals surface area (Å²) in [6.45, 7) is 7.81. The van der Waals surface area contributed by atoms with Gasteiger partial charge in [-0.3, -0.25) is 0 Å². The van der Waals surface area contributed by atoms with Crippen molar-refractivity contribution in [2.45, 2.75) is 39.8 Å². The van der Waals surface area contributed by atoms with Crippen molar-refractivity contribution in [2.75, 3.05) is 13.2 Å². The van der Waals surface area contributed by atoms with Crippen molar-refractivity contribution in [1.82, 2.24) is 25.5 Å². The number of amides is 1. The van der Waals surface area contributed by atoms with Crippen molar-refractivity contribution in [3.05, 3.63) is 53.9 Å². The van der Waals surface area contributed by atoms with Crippen molar-refractivity contribution in [2.24, 2.45) is 0 Å². The molecule has 2 atom stereocenters. The van der Waals surface area contributed by atoms with Crippen molar-refractivity contribution in [3.8, 4) is 22.6 Å². The molecule has 2 aromatic carbocycles. The number of tetrazole rings is 1. The van der Waals surface area contributed by atoms with Gasteiger partial charge in [0.1, 0.15) is 11.9 Å². The Balaban J connectivity index is 2.02. The normalized spacial score (nSPS) is 12.9. The molecular weight excluding hydrogens is 398 g/mol. The summed E-state index contributed by atoms with van der Waals surface area (Å²) in [6, 6.07) is 13.0. The van der Waals surface area contributed by atoms with Crippen LogP contribution in [0.5, 0.6) is 5.75 Å². The molecule has 1 amide bonds. The van der Waals surface area contributed by atoms with E-state index in [0.29, 0.717) is 23.9 Å². The molecule has 0 aliphatic rings. The second kappa shape index (κ2) is 10.1. The Hall–Kier alpha value is -3.30. The number of aliphatic hydroxyl groups excluding tert-OH is 1. The number of carbonyl (C=O) groups is 1. The van der Waals surface area contributed by atoms with Crippen molar-refractivity contribution in [3.63, 3.8) is 0 Å². The second-order valence-corrected chi connectivity index (χ2v) is 7.25. The van der Waals surface area contributed by atoms with Crippen molar-refractivity contribution in [1.29, 1.82) is 0 Å². The van der Waals surface area contributed by atoms with Gasteiger partial charge in [-0.05, 0) is 61.4 Å². The van der Waals surface area contributed by atoms with Crippen molar-refractivity contribution < 1.29 is 19.4 Å². The maximum absolute atomic E-state index is 12.2. The monoisotopic (exact) mass is 425 g/mol. The zero-order valence-corrected chi connectivity index (χ0v) is 18.1. The molecular formula is C22H27N5O4. The summed E-state index contributed by atoms with van der Waals surface area (Å²) in [7, 11) is 0. The van der Waals surface area contributed by atoms with Crippen LogP contribution in [0.3, 0.4) is 0 Å². The highest BCUT2D eigenvalue weighted by molar-refractivity contribution is 5.74. The highest BCUT2D eigenvalue weighted by atomic mass is 16.6. The molecule has 9 heteroatoms. The summed E-state index contributed by atoms with van der Waals surface area (Å²) in [5.74, 6) is 0.855. The number of carbonyl (C=O) groups excluding carboxylic acids is 1. The van der Waals surface area contributed by atoms with E-state index in [-0.39, 0.29) is 12.7 Å². The molecule has 3 rings (SSSR count). The van der Waals surface area contributed by atoms with Gasteiger partial charge in [0.05, 0.1) is 18.3 Å². The van der Waals surface area contributed by atoms with E-state index in [1.807, 2.05) is 51.1 Å². The molecule has 0 saturated carbocycles. The zero-order valence-electron chi connectivity index (χ0n) is 18.1. The van der Waals surface area contributed by atoms with E-state index in [1.165, 1.54) is 0 Å². The molecule has 0 spiro atoms. The number of rotatable bonds is 8. The van der Waals surface area contributed by atoms with Gasteiger partial charge in [-0.25, -0.2) is 4.79 Å². The summed E-state index contributed by atoms with van der Waals surface area (Å²) in [4.78, 5) is 12.2. The predicted molar refractivity (Wildman–Crippen MR) is 115 cm³/mol. The third kappa shape index (κ3) is 5.65. The van der Waals surface area contributed by atoms with Crippen LogP contribution in [0.1, 0.15) is 38.3 Å². The molecule has 0 aliphatic heterocycles. The molecule has 0 fully saturated rings. The van der Waals surface area contributed by atoms with Gasteiger partial charge in [0, 0.05) is 12.7 Å². The molecule has 31 heavy (non-hydrogen) atoms. The number of aliphatic hydroxyl groups is 1. The standard InChI is InChI=1S/C22H27N5O4/c1-5-30-16(4)21-24-25-26-27(21)19-10-18(17-8-6-14(2)7-9-17)11-20(12-19)31-22(29)23-15(3)13-28/h6-12,15-16,28H,5,13H2,1-4H3,(H,23,29)/t15-,16?/m0/s1. The van der Waals surface area contributed by atoms with Gasteiger partial charge in [0.15, 0.2) is 5.82 Å². The molecule has 0 radical (unpaired) electrons. The van der Waals surface area contributed by atoms with Gasteiger partial charge in [-0.15, -0.1) is 5.10 Å². The summed E-state index contributed by atoms with van der Waals surface area (Å²) in [5.41, 5.74) is 3.56. The lowest BCUT2D eigenvalue weighted by Gasteiger charge is -2.15. The molecule has 2 N–H and O–H groups in total. The number of nitrogens with zero attached hydrogens (tertiary/aromatic N) is 4. The maximum atomic E-state index is 12.2. The van der Waals surface area contributed by atoms with E-state index in [1.54, 1.807) is 23.7 Å². The lowest BCUT2D eigenvalue weighted by molar-refractivity contribution is 0.0683. The molecule has 9 nitrogen and oxygen atoms in total. The molecule has 1 heterocycles. The SMILES string of the molecule is CCOC(C)c1nnnn1-c1cc(OC(=O)N[C@@H](C)CO)cc(-c2ccc(C)cc2)c1. The number of hydrogen-bond acceptors (Lipinski definition) is 7. The van der Waals surface area contributed by atoms with Crippen LogP contribution in [-0.4, -0.2) is 50.7 Å². The fraction of sp³-hybridized carbons (Fsp3) is 0.364. The number of aryl methyl sites for hydroxylation is 1. The highest BCUT2D eigenvalue weighted by Crippen LogP contribution is 2.29. The largest absolute Gasteiger partial charge is 0.412 e. The van der Waals surface area contributed by atoms with E-state index < -0.39 is 12.1 Å². The first-order valence-corrected chi connectivity index (χ1v) is 10.1. The van der Waals surface area contributed by atoms with Crippen LogP contribution in [0, 0.1) is 6.92 Å². The molecule has 1 unspecified atom stereocenters. The average molecular weight is 425 g/mol. The first kappa shape index (κ1) is 22.4. The Kier molecular flexibility index (Phi) is 7.32. The van der Waals surface area contributed by atoms with E-state index >= 15 is 0 Å². The molecule has 164 valence electrons. The second-order valence-electron chi connectivity index (χ2n) is 7.25. The van der Waals surface area contributed by atoms with Gasteiger partial charge < -0.3 is 19.9 Å². The van der Waals surface area contributed by atoms with Gasteiger partial charge in [0.2, 0.25) is 0 Å². The van der Waals surface area contributed by atoms with E-state index in [0.717, 1.165) is 16.7 Å². The van der Waals surface area contributed by atoms with Gasteiger partial charge in [0.25, 0.3) is 0 Å². The summed E-state index contributed by atoms with van der Waals surface area (Å²) in [5, 5.41) is 23.7. The molecule has 0 saturated heterocycles. The Bertz CT molecular complexity index is 1020. The number of nitrogens with one attached hydrogen (secondary N) is 1. The van der Waals surface area contributed by atoms with Gasteiger partial charge in [-0.1, -0.05) is 29.8 Å².